The number of nitrogens with two attached hydrogens (primary N) is 1. The Labute approximate surface area is 108 Å². The largest absolute Gasteiger partial charge is 0.399 e. The second-order valence-corrected chi connectivity index (χ2v) is 4.53. The van der Waals surface area contributed by atoms with E-state index >= 15 is 0 Å². The summed E-state index contributed by atoms with van der Waals surface area (Å²) in [5.41, 5.74) is 6.97. The summed E-state index contributed by atoms with van der Waals surface area (Å²) >= 11 is 0. The molecule has 0 spiro atoms. The van der Waals surface area contributed by atoms with Gasteiger partial charge in [0, 0.05) is 30.9 Å². The average Bonchev–Trinajstić information content (AvgIpc) is 2.29. The molecule has 1 rings (SSSR count). The van der Waals surface area contributed by atoms with E-state index in [0.717, 1.165) is 5.69 Å². The summed E-state index contributed by atoms with van der Waals surface area (Å²) in [6.45, 7) is 2.91. The van der Waals surface area contributed by atoms with Crippen LogP contribution in [0.1, 0.15) is 13.3 Å². The molecular formula is C13H21N3O2. The number of benzene rings is 1. The van der Waals surface area contributed by atoms with Crippen molar-refractivity contribution in [3.05, 3.63) is 24.3 Å². The SMILES string of the molecule is CC(O)CN(C)CCC(=O)Nc1ccc(N)cc1. The highest BCUT2D eigenvalue weighted by atomic mass is 16.3. The van der Waals surface area contributed by atoms with Crippen LogP contribution in [-0.2, 0) is 4.79 Å². The molecule has 1 aromatic rings. The molecule has 1 amide bonds. The molecule has 5 nitrogen and oxygen atoms in total. The van der Waals surface area contributed by atoms with Crippen LogP contribution in [0.15, 0.2) is 24.3 Å². The van der Waals surface area contributed by atoms with E-state index in [4.69, 9.17) is 5.73 Å². The van der Waals surface area contributed by atoms with Gasteiger partial charge in [0.25, 0.3) is 0 Å². The Hall–Kier alpha value is -1.59. The fourth-order valence-corrected chi connectivity index (χ4v) is 1.62. The number of hydrogen-bond acceptors (Lipinski definition) is 4. The maximum atomic E-state index is 11.7. The minimum absolute atomic E-state index is 0.0442. The first kappa shape index (κ1) is 14.5. The van der Waals surface area contributed by atoms with Gasteiger partial charge in [0.15, 0.2) is 0 Å². The maximum Gasteiger partial charge on any atom is 0.225 e. The zero-order valence-corrected chi connectivity index (χ0v) is 10.9. The molecule has 0 aliphatic carbocycles. The Morgan fingerprint density at radius 1 is 1.44 bits per heavy atom. The molecule has 0 saturated carbocycles. The predicted octanol–water partition coefficient (Wildman–Crippen LogP) is 0.910. The van der Waals surface area contributed by atoms with Crippen molar-refractivity contribution >= 4 is 17.3 Å². The summed E-state index contributed by atoms with van der Waals surface area (Å²) in [5.74, 6) is -0.0442. The molecule has 0 bridgehead atoms. The van der Waals surface area contributed by atoms with Gasteiger partial charge in [-0.1, -0.05) is 0 Å². The van der Waals surface area contributed by atoms with Crippen LogP contribution >= 0.6 is 0 Å². The van der Waals surface area contributed by atoms with Gasteiger partial charge in [-0.3, -0.25) is 4.79 Å². The third-order valence-corrected chi connectivity index (χ3v) is 2.49. The fourth-order valence-electron chi connectivity index (χ4n) is 1.62. The Kier molecular flexibility index (Phi) is 5.61. The maximum absolute atomic E-state index is 11.7. The molecule has 1 atom stereocenters. The van der Waals surface area contributed by atoms with Crippen molar-refractivity contribution in [2.45, 2.75) is 19.4 Å². The number of aliphatic hydroxyl groups excluding tert-OH is 1. The van der Waals surface area contributed by atoms with Gasteiger partial charge in [-0.15, -0.1) is 0 Å². The van der Waals surface area contributed by atoms with E-state index < -0.39 is 0 Å². The normalized spacial score (nSPS) is 12.4. The number of hydrogen-bond donors (Lipinski definition) is 3. The Bertz CT molecular complexity index is 376. The zero-order valence-electron chi connectivity index (χ0n) is 10.9. The van der Waals surface area contributed by atoms with Gasteiger partial charge in [0.1, 0.15) is 0 Å². The summed E-state index contributed by atoms with van der Waals surface area (Å²) in [6, 6.07) is 7.03. The number of amides is 1. The van der Waals surface area contributed by atoms with Crippen molar-refractivity contribution in [3.63, 3.8) is 0 Å². The highest BCUT2D eigenvalue weighted by Gasteiger charge is 2.06. The molecule has 100 valence electrons. The van der Waals surface area contributed by atoms with Gasteiger partial charge in [-0.2, -0.15) is 0 Å². The molecule has 0 saturated heterocycles. The lowest BCUT2D eigenvalue weighted by Gasteiger charge is -2.17. The van der Waals surface area contributed by atoms with E-state index in [1.54, 1.807) is 31.2 Å². The zero-order chi connectivity index (χ0) is 13.5. The van der Waals surface area contributed by atoms with Crippen LogP contribution < -0.4 is 11.1 Å². The first-order valence-electron chi connectivity index (χ1n) is 5.99. The number of aliphatic hydroxyl groups is 1. The summed E-state index contributed by atoms with van der Waals surface area (Å²) < 4.78 is 0. The molecule has 0 aliphatic rings. The van der Waals surface area contributed by atoms with Crippen molar-refractivity contribution in [2.75, 3.05) is 31.2 Å². The van der Waals surface area contributed by atoms with E-state index in [1.165, 1.54) is 0 Å². The van der Waals surface area contributed by atoms with Crippen molar-refractivity contribution in [2.24, 2.45) is 0 Å². The molecule has 0 aromatic heterocycles. The monoisotopic (exact) mass is 251 g/mol. The van der Waals surface area contributed by atoms with Gasteiger partial charge in [0.05, 0.1) is 6.10 Å². The average molecular weight is 251 g/mol. The summed E-state index contributed by atoms with van der Waals surface area (Å²) in [5, 5.41) is 12.0. The molecule has 1 unspecified atom stereocenters. The molecular weight excluding hydrogens is 230 g/mol. The number of nitrogens with one attached hydrogen (secondary N) is 1. The lowest BCUT2D eigenvalue weighted by atomic mass is 10.2. The number of likely N-dealkylation sites (N-methyl/N-ethyl adjacent to an activating group) is 1. The molecule has 0 heterocycles. The fraction of sp³-hybridized carbons (Fsp3) is 0.462. The van der Waals surface area contributed by atoms with Gasteiger partial charge in [-0.05, 0) is 38.2 Å². The topological polar surface area (TPSA) is 78.6 Å². The highest BCUT2D eigenvalue weighted by Crippen LogP contribution is 2.10. The molecule has 0 radical (unpaired) electrons. The predicted molar refractivity (Wildman–Crippen MR) is 73.3 cm³/mol. The van der Waals surface area contributed by atoms with Crippen LogP contribution in [0.2, 0.25) is 0 Å². The molecule has 5 heteroatoms. The number of nitrogens with zero attached hydrogens (tertiary/aromatic N) is 1. The quantitative estimate of drug-likeness (QED) is 0.657. The van der Waals surface area contributed by atoms with E-state index in [1.807, 2.05) is 11.9 Å². The minimum atomic E-state index is -0.379. The lowest BCUT2D eigenvalue weighted by molar-refractivity contribution is -0.116. The number of rotatable bonds is 6. The van der Waals surface area contributed by atoms with E-state index in [2.05, 4.69) is 5.32 Å². The van der Waals surface area contributed by atoms with Crippen LogP contribution in [0.5, 0.6) is 0 Å². The minimum Gasteiger partial charge on any atom is -0.399 e. The second kappa shape index (κ2) is 6.98. The van der Waals surface area contributed by atoms with Crippen LogP contribution in [-0.4, -0.2) is 42.2 Å². The van der Waals surface area contributed by atoms with Crippen LogP contribution in [0, 0.1) is 0 Å². The third-order valence-electron chi connectivity index (χ3n) is 2.49. The number of carbonyl (C=O) groups excluding carboxylic acids is 1. The van der Waals surface area contributed by atoms with Gasteiger partial charge in [-0.25, -0.2) is 0 Å². The number of anilines is 2. The first-order valence-corrected chi connectivity index (χ1v) is 5.99. The smallest absolute Gasteiger partial charge is 0.225 e. The Balaban J connectivity index is 2.31. The summed E-state index contributed by atoms with van der Waals surface area (Å²) in [6.07, 6.45) is 0.0169. The summed E-state index contributed by atoms with van der Waals surface area (Å²) in [7, 11) is 1.88. The van der Waals surface area contributed by atoms with E-state index in [-0.39, 0.29) is 12.0 Å². The van der Waals surface area contributed by atoms with E-state index in [9.17, 15) is 9.90 Å². The van der Waals surface area contributed by atoms with Crippen molar-refractivity contribution in [1.82, 2.24) is 4.90 Å². The molecule has 4 N–H and O–H groups in total. The third kappa shape index (κ3) is 5.65. The van der Waals surface area contributed by atoms with Crippen molar-refractivity contribution < 1.29 is 9.90 Å². The van der Waals surface area contributed by atoms with Crippen LogP contribution in [0.4, 0.5) is 11.4 Å². The Morgan fingerprint density at radius 2 is 2.06 bits per heavy atom. The lowest BCUT2D eigenvalue weighted by Crippen LogP contribution is -2.30. The number of carbonyl (C=O) groups is 1. The first-order chi connectivity index (χ1) is 8.47. The molecule has 18 heavy (non-hydrogen) atoms. The van der Waals surface area contributed by atoms with E-state index in [0.29, 0.717) is 25.2 Å². The van der Waals surface area contributed by atoms with Gasteiger partial charge < -0.3 is 21.1 Å². The second-order valence-electron chi connectivity index (χ2n) is 4.53. The van der Waals surface area contributed by atoms with Crippen molar-refractivity contribution in [3.8, 4) is 0 Å². The van der Waals surface area contributed by atoms with Crippen LogP contribution in [0.25, 0.3) is 0 Å². The van der Waals surface area contributed by atoms with Crippen molar-refractivity contribution in [1.29, 1.82) is 0 Å². The highest BCUT2D eigenvalue weighted by molar-refractivity contribution is 5.90. The summed E-state index contributed by atoms with van der Waals surface area (Å²) in [4.78, 5) is 13.6. The molecule has 0 fully saturated rings. The van der Waals surface area contributed by atoms with Gasteiger partial charge in [0.2, 0.25) is 5.91 Å². The Morgan fingerprint density at radius 3 is 2.61 bits per heavy atom. The van der Waals surface area contributed by atoms with Crippen LogP contribution in [0.3, 0.4) is 0 Å². The standard InChI is InChI=1S/C13H21N3O2/c1-10(17)9-16(2)8-7-13(18)15-12-5-3-11(14)4-6-12/h3-6,10,17H,7-9,14H2,1-2H3,(H,15,18). The number of nitrogen functional groups attached to an aromatic ring is 1. The molecule has 0 aliphatic heterocycles. The molecule has 1 aromatic carbocycles. The van der Waals surface area contributed by atoms with Gasteiger partial charge >= 0.3 is 0 Å².